The predicted molar refractivity (Wildman–Crippen MR) is 108 cm³/mol. The Morgan fingerprint density at radius 3 is 2.59 bits per heavy atom. The lowest BCUT2D eigenvalue weighted by atomic mass is 10.1. The fraction of sp³-hybridized carbons (Fsp3) is 0.227. The molecule has 4 rings (SSSR count). The molecule has 7 nitrogen and oxygen atoms in total. The van der Waals surface area contributed by atoms with Gasteiger partial charge in [-0.05, 0) is 43.7 Å². The van der Waals surface area contributed by atoms with Gasteiger partial charge in [0, 0.05) is 35.3 Å². The van der Waals surface area contributed by atoms with Crippen LogP contribution in [0.25, 0.3) is 11.0 Å². The number of hydrogen-bond donors (Lipinski definition) is 1. The van der Waals surface area contributed by atoms with Crippen LogP contribution in [0.15, 0.2) is 52.9 Å². The molecule has 1 aromatic heterocycles. The van der Waals surface area contributed by atoms with Crippen LogP contribution in [0.5, 0.6) is 0 Å². The molecule has 2 aromatic carbocycles. The first-order chi connectivity index (χ1) is 14.0. The van der Waals surface area contributed by atoms with Gasteiger partial charge in [0.25, 0.3) is 5.91 Å². The van der Waals surface area contributed by atoms with Crippen LogP contribution in [0.2, 0.25) is 0 Å². The molecular formula is C22H20N2O5. The minimum absolute atomic E-state index is 0.0960. The summed E-state index contributed by atoms with van der Waals surface area (Å²) in [5, 5.41) is 3.50. The van der Waals surface area contributed by atoms with Crippen molar-refractivity contribution in [1.29, 1.82) is 0 Å². The zero-order chi connectivity index (χ0) is 20.4. The van der Waals surface area contributed by atoms with Crippen molar-refractivity contribution < 1.29 is 23.5 Å². The van der Waals surface area contributed by atoms with E-state index in [1.807, 2.05) is 18.2 Å². The molecule has 0 radical (unpaired) electrons. The summed E-state index contributed by atoms with van der Waals surface area (Å²) in [5.74, 6) is -0.943. The lowest BCUT2D eigenvalue weighted by Crippen LogP contribution is -2.23. The van der Waals surface area contributed by atoms with E-state index in [1.54, 1.807) is 42.2 Å². The maximum atomic E-state index is 12.3. The van der Waals surface area contributed by atoms with Crippen molar-refractivity contribution in [2.24, 2.45) is 0 Å². The number of aryl methyl sites for hydroxylation is 1. The zero-order valence-corrected chi connectivity index (χ0v) is 15.9. The number of ether oxygens (including phenoxy) is 1. The second-order valence-electron chi connectivity index (χ2n) is 6.87. The molecule has 1 aliphatic heterocycles. The van der Waals surface area contributed by atoms with Crippen molar-refractivity contribution in [1.82, 2.24) is 0 Å². The van der Waals surface area contributed by atoms with E-state index in [4.69, 9.17) is 9.15 Å². The molecule has 3 aromatic rings. The van der Waals surface area contributed by atoms with Gasteiger partial charge in [-0.25, -0.2) is 4.79 Å². The molecule has 2 amide bonds. The number of para-hydroxylation sites is 1. The van der Waals surface area contributed by atoms with Crippen molar-refractivity contribution in [3.63, 3.8) is 0 Å². The monoisotopic (exact) mass is 392 g/mol. The van der Waals surface area contributed by atoms with Gasteiger partial charge < -0.3 is 19.4 Å². The van der Waals surface area contributed by atoms with Gasteiger partial charge in [0.05, 0.1) is 0 Å². The predicted octanol–water partition coefficient (Wildman–Crippen LogP) is 3.66. The Bertz CT molecular complexity index is 1080. The molecule has 1 saturated heterocycles. The molecule has 7 heteroatoms. The number of hydrogen-bond acceptors (Lipinski definition) is 5. The largest absolute Gasteiger partial charge is 0.450 e. The average molecular weight is 392 g/mol. The summed E-state index contributed by atoms with van der Waals surface area (Å²) in [6.07, 6.45) is 1.42. The standard InChI is InChI=1S/C22H20N2O5/c1-14-17-5-2-3-6-18(17)29-21(14)22(27)28-13-19(25)23-15-8-10-16(11-9-15)24-12-4-7-20(24)26/h2-3,5-6,8-11H,4,7,12-13H2,1H3,(H,23,25). The molecule has 1 N–H and O–H groups in total. The Kier molecular flexibility index (Phi) is 5.03. The summed E-state index contributed by atoms with van der Waals surface area (Å²) in [5.41, 5.74) is 2.63. The summed E-state index contributed by atoms with van der Waals surface area (Å²) in [6.45, 7) is 2.05. The third-order valence-electron chi connectivity index (χ3n) is 4.90. The van der Waals surface area contributed by atoms with E-state index in [1.165, 1.54) is 0 Å². The van der Waals surface area contributed by atoms with Gasteiger partial charge in [-0.2, -0.15) is 0 Å². The number of furan rings is 1. The molecule has 29 heavy (non-hydrogen) atoms. The highest BCUT2D eigenvalue weighted by Crippen LogP contribution is 2.25. The minimum atomic E-state index is -0.684. The molecule has 0 spiro atoms. The molecule has 0 bridgehead atoms. The van der Waals surface area contributed by atoms with Crippen molar-refractivity contribution in [2.45, 2.75) is 19.8 Å². The van der Waals surface area contributed by atoms with Crippen LogP contribution in [0, 0.1) is 6.92 Å². The summed E-state index contributed by atoms with van der Waals surface area (Å²) >= 11 is 0. The summed E-state index contributed by atoms with van der Waals surface area (Å²) < 4.78 is 10.6. The number of esters is 1. The van der Waals surface area contributed by atoms with Gasteiger partial charge in [0.2, 0.25) is 11.7 Å². The van der Waals surface area contributed by atoms with Gasteiger partial charge in [-0.15, -0.1) is 0 Å². The van der Waals surface area contributed by atoms with Gasteiger partial charge >= 0.3 is 5.97 Å². The maximum absolute atomic E-state index is 12.3. The fourth-order valence-corrected chi connectivity index (χ4v) is 3.41. The molecule has 1 aliphatic rings. The van der Waals surface area contributed by atoms with Gasteiger partial charge in [0.1, 0.15) is 5.58 Å². The van der Waals surface area contributed by atoms with E-state index in [2.05, 4.69) is 5.32 Å². The van der Waals surface area contributed by atoms with Crippen molar-refractivity contribution in [3.05, 3.63) is 59.9 Å². The highest BCUT2D eigenvalue weighted by Gasteiger charge is 2.22. The zero-order valence-electron chi connectivity index (χ0n) is 15.9. The molecule has 0 unspecified atom stereocenters. The van der Waals surface area contributed by atoms with Crippen LogP contribution >= 0.6 is 0 Å². The van der Waals surface area contributed by atoms with E-state index in [0.717, 1.165) is 17.5 Å². The number of nitrogens with zero attached hydrogens (tertiary/aromatic N) is 1. The van der Waals surface area contributed by atoms with Gasteiger partial charge in [0.15, 0.2) is 6.61 Å². The summed E-state index contributed by atoms with van der Waals surface area (Å²) in [6, 6.07) is 14.3. The van der Waals surface area contributed by atoms with Crippen molar-refractivity contribution in [2.75, 3.05) is 23.4 Å². The molecule has 0 aliphatic carbocycles. The van der Waals surface area contributed by atoms with E-state index in [-0.39, 0.29) is 11.7 Å². The first kappa shape index (κ1) is 18.7. The summed E-state index contributed by atoms with van der Waals surface area (Å²) in [7, 11) is 0. The number of anilines is 2. The number of fused-ring (bicyclic) bond motifs is 1. The van der Waals surface area contributed by atoms with E-state index in [0.29, 0.717) is 29.8 Å². The van der Waals surface area contributed by atoms with Crippen LogP contribution in [-0.4, -0.2) is 30.9 Å². The lowest BCUT2D eigenvalue weighted by Gasteiger charge is -2.16. The van der Waals surface area contributed by atoms with Crippen LogP contribution in [0.3, 0.4) is 0 Å². The first-order valence-corrected chi connectivity index (χ1v) is 9.38. The van der Waals surface area contributed by atoms with Crippen LogP contribution in [-0.2, 0) is 14.3 Å². The van der Waals surface area contributed by atoms with E-state index < -0.39 is 18.5 Å². The third kappa shape index (κ3) is 3.85. The number of rotatable bonds is 5. The van der Waals surface area contributed by atoms with Crippen molar-refractivity contribution >= 4 is 40.1 Å². The molecule has 0 atom stereocenters. The quantitative estimate of drug-likeness (QED) is 0.670. The number of carbonyl (C=O) groups excluding carboxylic acids is 3. The molecule has 1 fully saturated rings. The number of amides is 2. The van der Waals surface area contributed by atoms with Gasteiger partial charge in [-0.1, -0.05) is 18.2 Å². The van der Waals surface area contributed by atoms with Crippen molar-refractivity contribution in [3.8, 4) is 0 Å². The molecular weight excluding hydrogens is 372 g/mol. The minimum Gasteiger partial charge on any atom is -0.450 e. The highest BCUT2D eigenvalue weighted by atomic mass is 16.5. The highest BCUT2D eigenvalue weighted by molar-refractivity contribution is 5.99. The SMILES string of the molecule is Cc1c(C(=O)OCC(=O)Nc2ccc(N3CCCC3=O)cc2)oc2ccccc12. The lowest BCUT2D eigenvalue weighted by molar-refractivity contribution is -0.119. The second-order valence-corrected chi connectivity index (χ2v) is 6.87. The third-order valence-corrected chi connectivity index (χ3v) is 4.90. The van der Waals surface area contributed by atoms with Gasteiger partial charge in [-0.3, -0.25) is 9.59 Å². The fourth-order valence-electron chi connectivity index (χ4n) is 3.41. The van der Waals surface area contributed by atoms with Crippen LogP contribution < -0.4 is 10.2 Å². The number of benzene rings is 2. The molecule has 2 heterocycles. The van der Waals surface area contributed by atoms with E-state index in [9.17, 15) is 14.4 Å². The van der Waals surface area contributed by atoms with Crippen LogP contribution in [0.1, 0.15) is 29.0 Å². The Hall–Kier alpha value is -3.61. The summed E-state index contributed by atoms with van der Waals surface area (Å²) in [4.78, 5) is 37.9. The molecule has 148 valence electrons. The van der Waals surface area contributed by atoms with E-state index >= 15 is 0 Å². The Labute approximate surface area is 167 Å². The first-order valence-electron chi connectivity index (χ1n) is 9.38. The normalized spacial score (nSPS) is 13.7. The smallest absolute Gasteiger partial charge is 0.375 e. The van der Waals surface area contributed by atoms with Crippen LogP contribution in [0.4, 0.5) is 11.4 Å². The Balaban J connectivity index is 1.34. The maximum Gasteiger partial charge on any atom is 0.375 e. The second kappa shape index (κ2) is 7.79. The Morgan fingerprint density at radius 2 is 1.90 bits per heavy atom. The topological polar surface area (TPSA) is 88.9 Å². The molecule has 0 saturated carbocycles. The number of nitrogens with one attached hydrogen (secondary N) is 1. The Morgan fingerprint density at radius 1 is 1.14 bits per heavy atom. The number of carbonyl (C=O) groups is 3. The average Bonchev–Trinajstić information content (AvgIpc) is 3.30.